The average molecular weight is 355 g/mol. The van der Waals surface area contributed by atoms with Crippen LogP contribution in [0.25, 0.3) is 0 Å². The van der Waals surface area contributed by atoms with E-state index in [1.165, 1.54) is 0 Å². The molecule has 0 aromatic heterocycles. The summed E-state index contributed by atoms with van der Waals surface area (Å²) in [4.78, 5) is 20.8. The molecule has 1 unspecified atom stereocenters. The molecular weight excluding hydrogens is 343 g/mol. The van der Waals surface area contributed by atoms with Gasteiger partial charge in [0.25, 0.3) is 0 Å². The molecule has 0 bridgehead atoms. The number of carboxylic acid groups (broad SMARTS) is 2. The van der Waals surface area contributed by atoms with Gasteiger partial charge in [0.1, 0.15) is 6.04 Å². The zero-order valence-corrected chi connectivity index (χ0v) is 12.6. The first-order chi connectivity index (χ1) is 10.3. The smallest absolute Gasteiger partial charge is 0.416 e. The molecule has 2 N–H and O–H groups in total. The van der Waals surface area contributed by atoms with Crippen LogP contribution in [0.2, 0.25) is 0 Å². The summed E-state index contributed by atoms with van der Waals surface area (Å²) in [5, 5.41) is 17.8. The molecule has 0 spiro atoms. The maximum atomic E-state index is 12.7. The highest BCUT2D eigenvalue weighted by atomic mass is 32.2. The minimum absolute atomic E-state index is 0.170. The minimum atomic E-state index is -4.89. The first-order valence-corrected chi connectivity index (χ1v) is 7.39. The van der Waals surface area contributed by atoms with Crippen LogP contribution in [0.4, 0.5) is 13.2 Å². The number of rotatable bonds is 5. The Kier molecular flexibility index (Phi) is 5.07. The number of aromatic carboxylic acids is 1. The third-order valence-electron chi connectivity index (χ3n) is 3.10. The Hall–Kier alpha value is -2.14. The average Bonchev–Trinajstić information content (AvgIpc) is 2.43. The number of hydrogen-bond donors (Lipinski definition) is 2. The van der Waals surface area contributed by atoms with Gasteiger partial charge < -0.3 is 10.2 Å². The molecule has 1 rings (SSSR count). The van der Waals surface area contributed by atoms with E-state index >= 15 is 0 Å². The van der Waals surface area contributed by atoms with Crippen molar-refractivity contribution in [1.29, 1.82) is 0 Å². The number of aliphatic carboxylic acids is 1. The van der Waals surface area contributed by atoms with Gasteiger partial charge in [0.2, 0.25) is 10.0 Å². The maximum absolute atomic E-state index is 12.7. The number of likely N-dealkylation sites (N-methyl/N-ethyl adjacent to an activating group) is 1. The predicted molar refractivity (Wildman–Crippen MR) is 70.4 cm³/mol. The number of hydrogen-bond acceptors (Lipinski definition) is 4. The third-order valence-corrected chi connectivity index (χ3v) is 5.07. The number of sulfonamides is 1. The normalized spacial score (nSPS) is 13.8. The van der Waals surface area contributed by atoms with Gasteiger partial charge in [-0.3, -0.25) is 4.79 Å². The van der Waals surface area contributed by atoms with Gasteiger partial charge in [-0.25, -0.2) is 13.2 Å². The Balaban J connectivity index is 3.61. The molecular formula is C12H12F3NO6S. The number of benzene rings is 1. The lowest BCUT2D eigenvalue weighted by atomic mass is 10.1. The molecule has 128 valence electrons. The van der Waals surface area contributed by atoms with E-state index in [1.807, 2.05) is 0 Å². The van der Waals surface area contributed by atoms with E-state index < -0.39 is 50.2 Å². The molecule has 0 radical (unpaired) electrons. The van der Waals surface area contributed by atoms with Crippen molar-refractivity contribution in [3.8, 4) is 0 Å². The lowest BCUT2D eigenvalue weighted by molar-refractivity contribution is -0.140. The zero-order chi connectivity index (χ0) is 18.2. The molecule has 0 aliphatic carbocycles. The maximum Gasteiger partial charge on any atom is 0.416 e. The van der Waals surface area contributed by atoms with Crippen molar-refractivity contribution in [3.63, 3.8) is 0 Å². The molecule has 0 heterocycles. The van der Waals surface area contributed by atoms with Crippen LogP contribution in [-0.2, 0) is 21.0 Å². The summed E-state index contributed by atoms with van der Waals surface area (Å²) < 4.78 is 63.1. The summed E-state index contributed by atoms with van der Waals surface area (Å²) in [5.74, 6) is -3.30. The van der Waals surface area contributed by atoms with Crippen molar-refractivity contribution in [2.45, 2.75) is 24.0 Å². The van der Waals surface area contributed by atoms with E-state index in [1.54, 1.807) is 0 Å². The molecule has 0 saturated carbocycles. The monoisotopic (exact) mass is 355 g/mol. The van der Waals surface area contributed by atoms with Crippen LogP contribution < -0.4 is 0 Å². The van der Waals surface area contributed by atoms with Gasteiger partial charge in [-0.1, -0.05) is 0 Å². The van der Waals surface area contributed by atoms with E-state index in [0.717, 1.165) is 14.0 Å². The molecule has 1 atom stereocenters. The first kappa shape index (κ1) is 18.9. The molecule has 7 nitrogen and oxygen atoms in total. The van der Waals surface area contributed by atoms with Gasteiger partial charge in [0.15, 0.2) is 0 Å². The Morgan fingerprint density at radius 2 is 1.74 bits per heavy atom. The van der Waals surface area contributed by atoms with Gasteiger partial charge in [-0.2, -0.15) is 17.5 Å². The second kappa shape index (κ2) is 6.16. The first-order valence-electron chi connectivity index (χ1n) is 5.95. The minimum Gasteiger partial charge on any atom is -0.480 e. The number of carbonyl (C=O) groups is 2. The van der Waals surface area contributed by atoms with Gasteiger partial charge in [-0.05, 0) is 25.1 Å². The van der Waals surface area contributed by atoms with Crippen molar-refractivity contribution in [2.24, 2.45) is 0 Å². The Morgan fingerprint density at radius 1 is 1.22 bits per heavy atom. The largest absolute Gasteiger partial charge is 0.480 e. The van der Waals surface area contributed by atoms with E-state index in [-0.39, 0.29) is 10.4 Å². The molecule has 0 aliphatic heterocycles. The fraction of sp³-hybridized carbons (Fsp3) is 0.333. The van der Waals surface area contributed by atoms with E-state index in [0.29, 0.717) is 12.1 Å². The lowest BCUT2D eigenvalue weighted by Crippen LogP contribution is -2.40. The Morgan fingerprint density at radius 3 is 2.13 bits per heavy atom. The number of nitrogens with zero attached hydrogens (tertiary/aromatic N) is 1. The second-order valence-electron chi connectivity index (χ2n) is 4.55. The fourth-order valence-electron chi connectivity index (χ4n) is 1.61. The van der Waals surface area contributed by atoms with Gasteiger partial charge >= 0.3 is 18.1 Å². The van der Waals surface area contributed by atoms with Crippen LogP contribution in [-0.4, -0.2) is 48.0 Å². The number of halogens is 3. The van der Waals surface area contributed by atoms with Crippen LogP contribution in [0, 0.1) is 0 Å². The molecule has 0 fully saturated rings. The lowest BCUT2D eigenvalue weighted by Gasteiger charge is -2.22. The van der Waals surface area contributed by atoms with E-state index in [2.05, 4.69) is 0 Å². The zero-order valence-electron chi connectivity index (χ0n) is 11.8. The predicted octanol–water partition coefficient (Wildman–Crippen LogP) is 1.50. The Bertz CT molecular complexity index is 744. The molecule has 23 heavy (non-hydrogen) atoms. The topological polar surface area (TPSA) is 112 Å². The van der Waals surface area contributed by atoms with Crippen molar-refractivity contribution < 1.29 is 41.4 Å². The highest BCUT2D eigenvalue weighted by Crippen LogP contribution is 2.33. The van der Waals surface area contributed by atoms with Crippen LogP contribution >= 0.6 is 0 Å². The van der Waals surface area contributed by atoms with Gasteiger partial charge in [0, 0.05) is 7.05 Å². The summed E-state index contributed by atoms with van der Waals surface area (Å²) in [6.45, 7) is 0.994. The molecule has 0 amide bonds. The molecule has 0 saturated heterocycles. The highest BCUT2D eigenvalue weighted by molar-refractivity contribution is 7.89. The van der Waals surface area contributed by atoms with Crippen molar-refractivity contribution in [3.05, 3.63) is 29.3 Å². The van der Waals surface area contributed by atoms with E-state index in [4.69, 9.17) is 10.2 Å². The van der Waals surface area contributed by atoms with Crippen LogP contribution in [0.5, 0.6) is 0 Å². The van der Waals surface area contributed by atoms with Crippen molar-refractivity contribution >= 4 is 22.0 Å². The van der Waals surface area contributed by atoms with Gasteiger partial charge in [-0.15, -0.1) is 0 Å². The summed E-state index contributed by atoms with van der Waals surface area (Å²) in [5.41, 5.74) is -2.25. The number of alkyl halides is 3. The van der Waals surface area contributed by atoms with Crippen LogP contribution in [0.3, 0.4) is 0 Å². The standard InChI is InChI=1S/C12H12F3NO6S/c1-6(10(17)18)16(2)23(21,22)9-5-7(12(13,14)15)3-4-8(9)11(19)20/h3-6H,1-2H3,(H,17,18)(H,19,20). The Labute approximate surface area is 129 Å². The second-order valence-corrected chi connectivity index (χ2v) is 6.52. The van der Waals surface area contributed by atoms with Crippen molar-refractivity contribution in [2.75, 3.05) is 7.05 Å². The molecule has 0 aliphatic rings. The molecule has 1 aromatic rings. The van der Waals surface area contributed by atoms with Gasteiger partial charge in [0.05, 0.1) is 16.0 Å². The number of carboxylic acids is 2. The summed E-state index contributed by atoms with van der Waals surface area (Å²) in [7, 11) is -3.94. The van der Waals surface area contributed by atoms with E-state index in [9.17, 15) is 31.2 Å². The SMILES string of the molecule is CC(C(=O)O)N(C)S(=O)(=O)c1cc(C(F)(F)F)ccc1C(=O)O. The molecule has 11 heteroatoms. The fourth-order valence-corrected chi connectivity index (χ4v) is 3.13. The summed E-state index contributed by atoms with van der Waals surface area (Å²) >= 11 is 0. The third kappa shape index (κ3) is 3.79. The molecule has 1 aromatic carbocycles. The summed E-state index contributed by atoms with van der Waals surface area (Å²) in [6, 6.07) is -0.485. The van der Waals surface area contributed by atoms with Crippen LogP contribution in [0.1, 0.15) is 22.8 Å². The summed E-state index contributed by atoms with van der Waals surface area (Å²) in [6.07, 6.45) is -4.89. The van der Waals surface area contributed by atoms with Crippen molar-refractivity contribution in [1.82, 2.24) is 4.31 Å². The quantitative estimate of drug-likeness (QED) is 0.828. The van der Waals surface area contributed by atoms with Crippen LogP contribution in [0.15, 0.2) is 23.1 Å². The highest BCUT2D eigenvalue weighted by Gasteiger charge is 2.37.